The molecule has 1 heterocycles. The molecule has 0 aliphatic rings. The van der Waals surface area contributed by atoms with Crippen molar-refractivity contribution in [1.29, 1.82) is 0 Å². The first-order valence-corrected chi connectivity index (χ1v) is 6.44. The minimum absolute atomic E-state index is 0.860. The molecular weight excluding hydrogens is 232 g/mol. The predicted octanol–water partition coefficient (Wildman–Crippen LogP) is 4.14. The number of aromatic nitrogens is 2. The first-order valence-electron chi connectivity index (χ1n) is 6.44. The average Bonchev–Trinajstić information content (AvgIpc) is 2.97. The van der Waals surface area contributed by atoms with E-state index in [9.17, 15) is 0 Å². The van der Waals surface area contributed by atoms with Crippen molar-refractivity contribution < 1.29 is 0 Å². The maximum atomic E-state index is 4.05. The lowest BCUT2D eigenvalue weighted by Gasteiger charge is -2.05. The SMILES string of the molecule is C/C(=C/Cn1ccnc1)c1ccc2ccccc2c1. The molecule has 0 bridgehead atoms. The minimum atomic E-state index is 0.860. The van der Waals surface area contributed by atoms with Crippen molar-refractivity contribution in [3.05, 3.63) is 72.8 Å². The van der Waals surface area contributed by atoms with Crippen LogP contribution in [0.3, 0.4) is 0 Å². The Labute approximate surface area is 113 Å². The van der Waals surface area contributed by atoms with Crippen LogP contribution in [0.15, 0.2) is 67.3 Å². The molecule has 2 heteroatoms. The second-order valence-corrected chi connectivity index (χ2v) is 4.71. The van der Waals surface area contributed by atoms with Crippen LogP contribution >= 0.6 is 0 Å². The molecule has 0 aliphatic carbocycles. The first-order chi connectivity index (χ1) is 9.33. The summed E-state index contributed by atoms with van der Waals surface area (Å²) in [5.41, 5.74) is 2.57. The van der Waals surface area contributed by atoms with E-state index in [4.69, 9.17) is 0 Å². The standard InChI is InChI=1S/C17H16N2/c1-14(8-10-19-11-9-18-13-19)16-7-6-15-4-2-3-5-17(15)12-16/h2-9,11-13H,10H2,1H3/b14-8-. The van der Waals surface area contributed by atoms with Crippen molar-refractivity contribution in [2.75, 3.05) is 0 Å². The van der Waals surface area contributed by atoms with Gasteiger partial charge in [0.15, 0.2) is 0 Å². The smallest absolute Gasteiger partial charge is 0.0948 e. The highest BCUT2D eigenvalue weighted by Crippen LogP contribution is 2.20. The zero-order chi connectivity index (χ0) is 13.1. The van der Waals surface area contributed by atoms with Crippen LogP contribution in [0.1, 0.15) is 12.5 Å². The third-order valence-electron chi connectivity index (χ3n) is 3.37. The zero-order valence-corrected chi connectivity index (χ0v) is 11.0. The summed E-state index contributed by atoms with van der Waals surface area (Å²) in [4.78, 5) is 4.05. The van der Waals surface area contributed by atoms with Gasteiger partial charge in [-0.25, -0.2) is 4.98 Å². The number of allylic oxidation sites excluding steroid dienone is 2. The van der Waals surface area contributed by atoms with Gasteiger partial charge in [-0.3, -0.25) is 0 Å². The highest BCUT2D eigenvalue weighted by molar-refractivity contribution is 5.86. The molecule has 0 spiro atoms. The van der Waals surface area contributed by atoms with E-state index in [-0.39, 0.29) is 0 Å². The van der Waals surface area contributed by atoms with Crippen molar-refractivity contribution in [2.45, 2.75) is 13.5 Å². The lowest BCUT2D eigenvalue weighted by Crippen LogP contribution is -1.91. The molecule has 3 aromatic rings. The lowest BCUT2D eigenvalue weighted by atomic mass is 10.0. The molecule has 19 heavy (non-hydrogen) atoms. The summed E-state index contributed by atoms with van der Waals surface area (Å²) in [7, 11) is 0. The van der Waals surface area contributed by atoms with E-state index in [0.717, 1.165) is 6.54 Å². The van der Waals surface area contributed by atoms with E-state index in [0.29, 0.717) is 0 Å². The second kappa shape index (κ2) is 5.11. The van der Waals surface area contributed by atoms with Gasteiger partial charge in [0.25, 0.3) is 0 Å². The van der Waals surface area contributed by atoms with Gasteiger partial charge in [0.2, 0.25) is 0 Å². The van der Waals surface area contributed by atoms with Crippen LogP contribution < -0.4 is 0 Å². The minimum Gasteiger partial charge on any atom is -0.334 e. The number of benzene rings is 2. The molecule has 0 amide bonds. The number of nitrogens with zero attached hydrogens (tertiary/aromatic N) is 2. The monoisotopic (exact) mass is 248 g/mol. The van der Waals surface area contributed by atoms with E-state index in [1.807, 2.05) is 12.5 Å². The van der Waals surface area contributed by atoms with Crippen molar-refractivity contribution in [2.24, 2.45) is 0 Å². The van der Waals surface area contributed by atoms with E-state index in [2.05, 4.69) is 65.0 Å². The lowest BCUT2D eigenvalue weighted by molar-refractivity contribution is 0.821. The van der Waals surface area contributed by atoms with E-state index < -0.39 is 0 Å². The van der Waals surface area contributed by atoms with Crippen LogP contribution in [-0.4, -0.2) is 9.55 Å². The van der Waals surface area contributed by atoms with Crippen LogP contribution in [0, 0.1) is 0 Å². The second-order valence-electron chi connectivity index (χ2n) is 4.71. The average molecular weight is 248 g/mol. The Morgan fingerprint density at radius 3 is 2.79 bits per heavy atom. The number of hydrogen-bond acceptors (Lipinski definition) is 1. The van der Waals surface area contributed by atoms with Gasteiger partial charge in [-0.1, -0.05) is 42.5 Å². The van der Waals surface area contributed by atoms with Crippen molar-refractivity contribution >= 4 is 16.3 Å². The molecule has 0 atom stereocenters. The molecule has 3 rings (SSSR count). The van der Waals surface area contributed by atoms with Gasteiger partial charge in [0.1, 0.15) is 0 Å². The Morgan fingerprint density at radius 1 is 1.16 bits per heavy atom. The van der Waals surface area contributed by atoms with Crippen LogP contribution in [0.25, 0.3) is 16.3 Å². The molecule has 94 valence electrons. The predicted molar refractivity (Wildman–Crippen MR) is 79.8 cm³/mol. The molecule has 0 radical (unpaired) electrons. The third kappa shape index (κ3) is 2.58. The fourth-order valence-corrected chi connectivity index (χ4v) is 2.19. The van der Waals surface area contributed by atoms with Crippen molar-refractivity contribution in [3.63, 3.8) is 0 Å². The van der Waals surface area contributed by atoms with Gasteiger partial charge in [-0.15, -0.1) is 0 Å². The quantitative estimate of drug-likeness (QED) is 0.681. The topological polar surface area (TPSA) is 17.8 Å². The molecule has 0 aliphatic heterocycles. The van der Waals surface area contributed by atoms with E-state index in [1.54, 1.807) is 6.20 Å². The normalized spacial score (nSPS) is 11.9. The van der Waals surface area contributed by atoms with Crippen LogP contribution in [0.4, 0.5) is 0 Å². The van der Waals surface area contributed by atoms with Crippen LogP contribution in [0.5, 0.6) is 0 Å². The Morgan fingerprint density at radius 2 is 2.00 bits per heavy atom. The summed E-state index contributed by atoms with van der Waals surface area (Å²) in [6.07, 6.45) is 7.85. The van der Waals surface area contributed by atoms with Crippen LogP contribution in [-0.2, 0) is 6.54 Å². The van der Waals surface area contributed by atoms with Gasteiger partial charge < -0.3 is 4.57 Å². The Balaban J connectivity index is 1.88. The summed E-state index contributed by atoms with van der Waals surface area (Å²) >= 11 is 0. The summed E-state index contributed by atoms with van der Waals surface area (Å²) < 4.78 is 2.06. The first kappa shape index (κ1) is 11.7. The molecule has 0 N–H and O–H groups in total. The number of rotatable bonds is 3. The summed E-state index contributed by atoms with van der Waals surface area (Å²) in [6.45, 7) is 3.01. The largest absolute Gasteiger partial charge is 0.334 e. The van der Waals surface area contributed by atoms with Gasteiger partial charge in [0.05, 0.1) is 6.33 Å². The summed E-state index contributed by atoms with van der Waals surface area (Å²) in [5.74, 6) is 0. The summed E-state index contributed by atoms with van der Waals surface area (Å²) in [6, 6.07) is 15.1. The van der Waals surface area contributed by atoms with Crippen molar-refractivity contribution in [1.82, 2.24) is 9.55 Å². The van der Waals surface area contributed by atoms with Crippen LogP contribution in [0.2, 0.25) is 0 Å². The zero-order valence-electron chi connectivity index (χ0n) is 11.0. The molecule has 0 saturated carbocycles. The van der Waals surface area contributed by atoms with E-state index in [1.165, 1.54) is 21.9 Å². The summed E-state index contributed by atoms with van der Waals surface area (Å²) in [5, 5.41) is 2.57. The maximum Gasteiger partial charge on any atom is 0.0948 e. The highest BCUT2D eigenvalue weighted by Gasteiger charge is 1.98. The van der Waals surface area contributed by atoms with Gasteiger partial charge in [-0.05, 0) is 34.9 Å². The Hall–Kier alpha value is -2.35. The number of imidazole rings is 1. The fraction of sp³-hybridized carbons (Fsp3) is 0.118. The maximum absolute atomic E-state index is 4.05. The molecule has 0 fully saturated rings. The molecular formula is C17H16N2. The third-order valence-corrected chi connectivity index (χ3v) is 3.37. The molecule has 2 aromatic carbocycles. The van der Waals surface area contributed by atoms with Gasteiger partial charge in [-0.2, -0.15) is 0 Å². The van der Waals surface area contributed by atoms with Gasteiger partial charge in [0, 0.05) is 18.9 Å². The molecule has 1 aromatic heterocycles. The Kier molecular flexibility index (Phi) is 3.15. The fourth-order valence-electron chi connectivity index (χ4n) is 2.19. The molecule has 0 unspecified atom stereocenters. The van der Waals surface area contributed by atoms with E-state index >= 15 is 0 Å². The number of hydrogen-bond donors (Lipinski definition) is 0. The molecule has 2 nitrogen and oxygen atoms in total. The molecule has 0 saturated heterocycles. The Bertz CT molecular complexity index is 709. The number of fused-ring (bicyclic) bond motifs is 1. The van der Waals surface area contributed by atoms with Crippen molar-refractivity contribution in [3.8, 4) is 0 Å². The highest BCUT2D eigenvalue weighted by atomic mass is 15.0. The van der Waals surface area contributed by atoms with Gasteiger partial charge >= 0.3 is 0 Å².